The summed E-state index contributed by atoms with van der Waals surface area (Å²) in [4.78, 5) is 28.2. The first-order chi connectivity index (χ1) is 10.9. The SMILES string of the molecule is CC(C)NC(=O)c1ccnc(C(=O)Nc2ccc(Cl)c(Cl)c2)c1. The van der Waals surface area contributed by atoms with Gasteiger partial charge in [-0.3, -0.25) is 14.6 Å². The fourth-order valence-electron chi connectivity index (χ4n) is 1.81. The largest absolute Gasteiger partial charge is 0.350 e. The van der Waals surface area contributed by atoms with Crippen molar-refractivity contribution in [1.82, 2.24) is 10.3 Å². The van der Waals surface area contributed by atoms with E-state index in [4.69, 9.17) is 23.2 Å². The molecule has 2 amide bonds. The van der Waals surface area contributed by atoms with E-state index in [0.717, 1.165) is 0 Å². The zero-order chi connectivity index (χ0) is 17.0. The van der Waals surface area contributed by atoms with Crippen LogP contribution in [0.25, 0.3) is 0 Å². The Morgan fingerprint density at radius 1 is 1.04 bits per heavy atom. The van der Waals surface area contributed by atoms with Crippen molar-refractivity contribution >= 4 is 40.7 Å². The number of carbonyl (C=O) groups is 2. The first-order valence-electron chi connectivity index (χ1n) is 6.90. The molecule has 5 nitrogen and oxygen atoms in total. The van der Waals surface area contributed by atoms with Crippen LogP contribution in [0.2, 0.25) is 10.0 Å². The van der Waals surface area contributed by atoms with Crippen LogP contribution < -0.4 is 10.6 Å². The monoisotopic (exact) mass is 351 g/mol. The zero-order valence-electron chi connectivity index (χ0n) is 12.6. The number of pyridine rings is 1. The molecule has 0 unspecified atom stereocenters. The average molecular weight is 352 g/mol. The highest BCUT2D eigenvalue weighted by Gasteiger charge is 2.13. The van der Waals surface area contributed by atoms with E-state index in [9.17, 15) is 9.59 Å². The molecule has 1 aromatic carbocycles. The van der Waals surface area contributed by atoms with E-state index in [1.807, 2.05) is 13.8 Å². The molecular weight excluding hydrogens is 337 g/mol. The van der Waals surface area contributed by atoms with Gasteiger partial charge in [0.25, 0.3) is 11.8 Å². The molecule has 0 fully saturated rings. The summed E-state index contributed by atoms with van der Waals surface area (Å²) in [5.41, 5.74) is 0.990. The van der Waals surface area contributed by atoms with Gasteiger partial charge in [-0.15, -0.1) is 0 Å². The smallest absolute Gasteiger partial charge is 0.274 e. The van der Waals surface area contributed by atoms with Gasteiger partial charge >= 0.3 is 0 Å². The molecule has 0 atom stereocenters. The molecule has 0 aliphatic carbocycles. The second kappa shape index (κ2) is 7.44. The third kappa shape index (κ3) is 4.68. The van der Waals surface area contributed by atoms with Crippen LogP contribution in [0.4, 0.5) is 5.69 Å². The van der Waals surface area contributed by atoms with E-state index in [1.54, 1.807) is 18.2 Å². The number of halogens is 2. The highest BCUT2D eigenvalue weighted by molar-refractivity contribution is 6.42. The van der Waals surface area contributed by atoms with E-state index < -0.39 is 5.91 Å². The molecule has 0 aliphatic heterocycles. The lowest BCUT2D eigenvalue weighted by atomic mass is 10.2. The summed E-state index contributed by atoms with van der Waals surface area (Å²) in [6.07, 6.45) is 1.42. The number of nitrogens with one attached hydrogen (secondary N) is 2. The molecule has 23 heavy (non-hydrogen) atoms. The number of amides is 2. The number of anilines is 1. The van der Waals surface area contributed by atoms with Crippen LogP contribution in [0.1, 0.15) is 34.7 Å². The van der Waals surface area contributed by atoms with E-state index in [0.29, 0.717) is 21.3 Å². The van der Waals surface area contributed by atoms with Crippen molar-refractivity contribution in [1.29, 1.82) is 0 Å². The van der Waals surface area contributed by atoms with Crippen LogP contribution in [-0.4, -0.2) is 22.8 Å². The number of benzene rings is 1. The highest BCUT2D eigenvalue weighted by atomic mass is 35.5. The van der Waals surface area contributed by atoms with Crippen molar-refractivity contribution in [2.75, 3.05) is 5.32 Å². The Morgan fingerprint density at radius 3 is 2.43 bits per heavy atom. The van der Waals surface area contributed by atoms with Gasteiger partial charge in [-0.2, -0.15) is 0 Å². The van der Waals surface area contributed by atoms with Gasteiger partial charge in [0.2, 0.25) is 0 Å². The number of aromatic nitrogens is 1. The van der Waals surface area contributed by atoms with Crippen molar-refractivity contribution in [2.24, 2.45) is 0 Å². The zero-order valence-corrected chi connectivity index (χ0v) is 14.1. The standard InChI is InChI=1S/C16H15Cl2N3O2/c1-9(2)20-15(22)10-5-6-19-14(7-10)16(23)21-11-3-4-12(17)13(18)8-11/h3-9H,1-2H3,(H,20,22)(H,21,23). The number of carbonyl (C=O) groups excluding carboxylic acids is 2. The molecule has 7 heteroatoms. The molecule has 0 radical (unpaired) electrons. The lowest BCUT2D eigenvalue weighted by Gasteiger charge is -2.09. The summed E-state index contributed by atoms with van der Waals surface area (Å²) < 4.78 is 0. The topological polar surface area (TPSA) is 71.1 Å². The Hall–Kier alpha value is -2.11. The normalized spacial score (nSPS) is 10.5. The maximum atomic E-state index is 12.2. The number of rotatable bonds is 4. The van der Waals surface area contributed by atoms with E-state index in [-0.39, 0.29) is 17.6 Å². The molecule has 2 rings (SSSR count). The summed E-state index contributed by atoms with van der Waals surface area (Å²) in [6.45, 7) is 3.72. The molecule has 0 spiro atoms. The number of nitrogens with zero attached hydrogens (tertiary/aromatic N) is 1. The molecule has 1 aromatic heterocycles. The fraction of sp³-hybridized carbons (Fsp3) is 0.188. The Kier molecular flexibility index (Phi) is 5.58. The van der Waals surface area contributed by atoms with Crippen molar-refractivity contribution < 1.29 is 9.59 Å². The number of hydrogen-bond acceptors (Lipinski definition) is 3. The van der Waals surface area contributed by atoms with Gasteiger partial charge in [0.15, 0.2) is 0 Å². The summed E-state index contributed by atoms with van der Waals surface area (Å²) in [7, 11) is 0. The molecule has 0 saturated heterocycles. The minimum absolute atomic E-state index is 0.00384. The van der Waals surface area contributed by atoms with Crippen LogP contribution in [0.5, 0.6) is 0 Å². The van der Waals surface area contributed by atoms with Crippen molar-refractivity contribution in [3.05, 3.63) is 57.8 Å². The predicted octanol–water partition coefficient (Wildman–Crippen LogP) is 3.78. The minimum Gasteiger partial charge on any atom is -0.350 e. The van der Waals surface area contributed by atoms with Gasteiger partial charge in [-0.25, -0.2) is 0 Å². The molecule has 1 heterocycles. The van der Waals surface area contributed by atoms with Gasteiger partial charge < -0.3 is 10.6 Å². The van der Waals surface area contributed by atoms with Crippen molar-refractivity contribution in [2.45, 2.75) is 19.9 Å². The first kappa shape index (κ1) is 17.2. The Bertz CT molecular complexity index is 748. The van der Waals surface area contributed by atoms with Crippen molar-refractivity contribution in [3.8, 4) is 0 Å². The molecule has 0 aliphatic rings. The van der Waals surface area contributed by atoms with Gasteiger partial charge in [-0.1, -0.05) is 23.2 Å². The van der Waals surface area contributed by atoms with E-state index >= 15 is 0 Å². The summed E-state index contributed by atoms with van der Waals surface area (Å²) in [5, 5.41) is 6.15. The van der Waals surface area contributed by atoms with Crippen LogP contribution >= 0.6 is 23.2 Å². The third-order valence-corrected chi connectivity index (χ3v) is 3.59. The van der Waals surface area contributed by atoms with E-state index in [2.05, 4.69) is 15.6 Å². The van der Waals surface area contributed by atoms with Gasteiger partial charge in [0.05, 0.1) is 10.0 Å². The number of hydrogen-bond donors (Lipinski definition) is 2. The average Bonchev–Trinajstić information content (AvgIpc) is 2.50. The first-order valence-corrected chi connectivity index (χ1v) is 7.65. The molecular formula is C16H15Cl2N3O2. The minimum atomic E-state index is -0.442. The maximum absolute atomic E-state index is 12.2. The Labute approximate surface area is 144 Å². The lowest BCUT2D eigenvalue weighted by Crippen LogP contribution is -2.30. The molecule has 0 bridgehead atoms. The second-order valence-electron chi connectivity index (χ2n) is 5.14. The molecule has 2 N–H and O–H groups in total. The lowest BCUT2D eigenvalue weighted by molar-refractivity contribution is 0.0943. The van der Waals surface area contributed by atoms with Gasteiger partial charge in [0, 0.05) is 23.5 Å². The summed E-state index contributed by atoms with van der Waals surface area (Å²) in [5.74, 6) is -0.700. The van der Waals surface area contributed by atoms with Gasteiger partial charge in [0.1, 0.15) is 5.69 Å². The fourth-order valence-corrected chi connectivity index (χ4v) is 2.11. The Balaban J connectivity index is 2.16. The Morgan fingerprint density at radius 2 is 1.78 bits per heavy atom. The van der Waals surface area contributed by atoms with Crippen LogP contribution in [0, 0.1) is 0 Å². The highest BCUT2D eigenvalue weighted by Crippen LogP contribution is 2.25. The van der Waals surface area contributed by atoms with Crippen molar-refractivity contribution in [3.63, 3.8) is 0 Å². The van der Waals surface area contributed by atoms with Crippen LogP contribution in [-0.2, 0) is 0 Å². The summed E-state index contributed by atoms with van der Waals surface area (Å²) >= 11 is 11.7. The summed E-state index contributed by atoms with van der Waals surface area (Å²) in [6, 6.07) is 7.74. The van der Waals surface area contributed by atoms with Gasteiger partial charge in [-0.05, 0) is 44.2 Å². The quantitative estimate of drug-likeness (QED) is 0.880. The maximum Gasteiger partial charge on any atom is 0.274 e. The predicted molar refractivity (Wildman–Crippen MR) is 91.3 cm³/mol. The second-order valence-corrected chi connectivity index (χ2v) is 5.96. The molecule has 120 valence electrons. The third-order valence-electron chi connectivity index (χ3n) is 2.85. The van der Waals surface area contributed by atoms with Crippen LogP contribution in [0.15, 0.2) is 36.5 Å². The van der Waals surface area contributed by atoms with Crippen LogP contribution in [0.3, 0.4) is 0 Å². The van der Waals surface area contributed by atoms with E-state index in [1.165, 1.54) is 18.3 Å². The molecule has 2 aromatic rings. The molecule has 0 saturated carbocycles.